The average molecular weight is 525 g/mol. The van der Waals surface area contributed by atoms with Crippen LogP contribution in [-0.4, -0.2) is 46.1 Å². The summed E-state index contributed by atoms with van der Waals surface area (Å²) in [6, 6.07) is 8.88. The first-order valence-corrected chi connectivity index (χ1v) is 12.2. The number of hydrogen-bond acceptors (Lipinski definition) is 10. The molecule has 3 heterocycles. The number of halogens is 1. The van der Waals surface area contributed by atoms with Crippen LogP contribution in [0.3, 0.4) is 0 Å². The van der Waals surface area contributed by atoms with Gasteiger partial charge in [-0.1, -0.05) is 23.7 Å². The number of pyridine rings is 2. The minimum atomic E-state index is -1.72. The van der Waals surface area contributed by atoms with E-state index >= 15 is 0 Å². The predicted molar refractivity (Wildman–Crippen MR) is 142 cm³/mol. The average Bonchev–Trinajstić information content (AvgIpc) is 3.39. The molecule has 0 radical (unpaired) electrons. The Morgan fingerprint density at radius 2 is 2.06 bits per heavy atom. The van der Waals surface area contributed by atoms with E-state index in [4.69, 9.17) is 26.9 Å². The van der Waals surface area contributed by atoms with E-state index < -0.39 is 5.60 Å². The maximum Gasteiger partial charge on any atom is 0.258 e. The van der Waals surface area contributed by atoms with Crippen molar-refractivity contribution in [1.82, 2.24) is 15.0 Å². The molecule has 36 heavy (non-hydrogen) atoms. The molecule has 9 nitrogen and oxygen atoms in total. The standard InChI is InChI=1S/C25H25ClN6O3S/c1-14-5-7-18(15(2)31-14)25(33,20(28-3)12-30-27)16-6-8-19-17(11-16)22(26)23(24(32-19)34-4)35-13-21-29-9-10-36-21/h5-12,33H,13,27H2,1-4H3. The van der Waals surface area contributed by atoms with Crippen LogP contribution < -0.4 is 15.3 Å². The Bertz CT molecular complexity index is 1460. The molecule has 0 bridgehead atoms. The van der Waals surface area contributed by atoms with Crippen molar-refractivity contribution in [3.63, 3.8) is 0 Å². The summed E-state index contributed by atoms with van der Waals surface area (Å²) in [5.74, 6) is 5.98. The summed E-state index contributed by atoms with van der Waals surface area (Å²) in [5.41, 5.74) is 1.54. The van der Waals surface area contributed by atoms with Gasteiger partial charge in [-0.25, -0.2) is 9.97 Å². The highest BCUT2D eigenvalue weighted by Crippen LogP contribution is 2.42. The lowest BCUT2D eigenvalue weighted by Gasteiger charge is -2.30. The quantitative estimate of drug-likeness (QED) is 0.201. The van der Waals surface area contributed by atoms with Crippen molar-refractivity contribution >= 4 is 45.8 Å². The number of aromatic nitrogens is 3. The molecule has 0 aliphatic heterocycles. The molecule has 0 amide bonds. The van der Waals surface area contributed by atoms with E-state index in [-0.39, 0.29) is 23.9 Å². The van der Waals surface area contributed by atoms with E-state index in [9.17, 15) is 5.11 Å². The van der Waals surface area contributed by atoms with Gasteiger partial charge in [-0.3, -0.25) is 9.98 Å². The number of benzene rings is 1. The zero-order valence-corrected chi connectivity index (χ0v) is 21.8. The normalized spacial score (nSPS) is 13.8. The molecule has 0 spiro atoms. The molecule has 1 atom stereocenters. The number of hydrogen-bond donors (Lipinski definition) is 2. The molecule has 0 saturated carbocycles. The van der Waals surface area contributed by atoms with Gasteiger partial charge in [-0.05, 0) is 37.6 Å². The number of aliphatic imine (C=N–C) groups is 1. The number of hydrazone groups is 1. The Labute approximate surface area is 217 Å². The van der Waals surface area contributed by atoms with Gasteiger partial charge in [0, 0.05) is 41.0 Å². The highest BCUT2D eigenvalue weighted by Gasteiger charge is 2.39. The van der Waals surface area contributed by atoms with Gasteiger partial charge in [-0.2, -0.15) is 5.10 Å². The molecule has 0 aliphatic rings. The van der Waals surface area contributed by atoms with Crippen molar-refractivity contribution in [1.29, 1.82) is 0 Å². The first kappa shape index (κ1) is 25.5. The Morgan fingerprint density at radius 3 is 2.69 bits per heavy atom. The van der Waals surface area contributed by atoms with Gasteiger partial charge in [0.25, 0.3) is 5.88 Å². The molecule has 1 unspecified atom stereocenters. The molecule has 0 aliphatic carbocycles. The summed E-state index contributed by atoms with van der Waals surface area (Å²) >= 11 is 8.29. The molecule has 0 saturated heterocycles. The molecule has 186 valence electrons. The first-order chi connectivity index (χ1) is 17.3. The number of fused-ring (bicyclic) bond motifs is 1. The van der Waals surface area contributed by atoms with Crippen molar-refractivity contribution in [2.75, 3.05) is 14.2 Å². The van der Waals surface area contributed by atoms with E-state index in [0.29, 0.717) is 32.7 Å². The van der Waals surface area contributed by atoms with Crippen LogP contribution in [0.25, 0.3) is 10.9 Å². The number of nitrogens with zero attached hydrogens (tertiary/aromatic N) is 5. The summed E-state index contributed by atoms with van der Waals surface area (Å²) in [7, 11) is 3.06. The second kappa shape index (κ2) is 10.6. The number of aryl methyl sites for hydroxylation is 2. The van der Waals surface area contributed by atoms with E-state index in [1.165, 1.54) is 24.7 Å². The van der Waals surface area contributed by atoms with Crippen molar-refractivity contribution in [2.24, 2.45) is 15.9 Å². The number of thiazole rings is 1. The Morgan fingerprint density at radius 1 is 1.25 bits per heavy atom. The fraction of sp³-hybridized carbons (Fsp3) is 0.240. The van der Waals surface area contributed by atoms with Gasteiger partial charge in [0.1, 0.15) is 11.6 Å². The molecule has 3 aromatic heterocycles. The largest absolute Gasteiger partial charge is 0.479 e. The summed E-state index contributed by atoms with van der Waals surface area (Å²) in [4.78, 5) is 17.6. The van der Waals surface area contributed by atoms with Gasteiger partial charge in [-0.15, -0.1) is 11.3 Å². The van der Waals surface area contributed by atoms with Crippen LogP contribution in [0.4, 0.5) is 0 Å². The second-order valence-corrected chi connectivity index (χ2v) is 9.25. The van der Waals surface area contributed by atoms with Crippen LogP contribution in [0, 0.1) is 13.8 Å². The highest BCUT2D eigenvalue weighted by atomic mass is 35.5. The van der Waals surface area contributed by atoms with Crippen LogP contribution >= 0.6 is 22.9 Å². The molecule has 4 aromatic rings. The number of nitrogens with two attached hydrogens (primary N) is 1. The fourth-order valence-corrected chi connectivity index (χ4v) is 4.84. The molecule has 4 rings (SSSR count). The van der Waals surface area contributed by atoms with Crippen molar-refractivity contribution in [2.45, 2.75) is 26.1 Å². The van der Waals surface area contributed by atoms with Crippen LogP contribution in [0.2, 0.25) is 5.02 Å². The molecule has 11 heteroatoms. The molecule has 1 aromatic carbocycles. The topological polar surface area (TPSA) is 128 Å². The molecular formula is C25H25ClN6O3S. The fourth-order valence-electron chi connectivity index (χ4n) is 4.03. The first-order valence-electron chi connectivity index (χ1n) is 10.9. The van der Waals surface area contributed by atoms with Crippen molar-refractivity contribution in [3.05, 3.63) is 74.5 Å². The summed E-state index contributed by atoms with van der Waals surface area (Å²) in [6.07, 6.45) is 3.02. The van der Waals surface area contributed by atoms with Crippen LogP contribution in [-0.2, 0) is 12.2 Å². The van der Waals surface area contributed by atoms with Crippen molar-refractivity contribution in [3.8, 4) is 11.6 Å². The van der Waals surface area contributed by atoms with E-state index in [2.05, 4.69) is 25.0 Å². The van der Waals surface area contributed by atoms with Crippen LogP contribution in [0.1, 0.15) is 27.5 Å². The van der Waals surface area contributed by atoms with Gasteiger partial charge >= 0.3 is 0 Å². The maximum absolute atomic E-state index is 12.2. The lowest BCUT2D eigenvalue weighted by molar-refractivity contribution is 0.157. The number of ether oxygens (including phenoxy) is 2. The predicted octanol–water partition coefficient (Wildman–Crippen LogP) is 4.20. The molecular weight excluding hydrogens is 500 g/mol. The zero-order valence-electron chi connectivity index (χ0n) is 20.2. The molecule has 0 fully saturated rings. The van der Waals surface area contributed by atoms with Crippen LogP contribution in [0.5, 0.6) is 11.6 Å². The minimum absolute atomic E-state index is 0.207. The highest BCUT2D eigenvalue weighted by molar-refractivity contribution is 7.09. The van der Waals surface area contributed by atoms with Gasteiger partial charge < -0.3 is 20.4 Å². The smallest absolute Gasteiger partial charge is 0.258 e. The summed E-state index contributed by atoms with van der Waals surface area (Å²) in [6.45, 7) is 3.91. The number of methoxy groups -OCH3 is 1. The van der Waals surface area contributed by atoms with E-state index in [0.717, 1.165) is 10.7 Å². The van der Waals surface area contributed by atoms with E-state index in [1.54, 1.807) is 31.4 Å². The second-order valence-electron chi connectivity index (χ2n) is 7.89. The van der Waals surface area contributed by atoms with E-state index in [1.807, 2.05) is 31.4 Å². The maximum atomic E-state index is 12.2. The zero-order chi connectivity index (χ0) is 25.9. The Hall–Kier alpha value is -3.60. The minimum Gasteiger partial charge on any atom is -0.479 e. The SMILES string of the molecule is CN=C(C=NN)C(O)(c1ccc2nc(OC)c(OCc3nccs3)c(Cl)c2c1)c1ccc(C)nc1C. The summed E-state index contributed by atoms with van der Waals surface area (Å²) < 4.78 is 11.4. The summed E-state index contributed by atoms with van der Waals surface area (Å²) in [5, 5.41) is 19.3. The monoisotopic (exact) mass is 524 g/mol. The third-order valence-corrected chi connectivity index (χ3v) is 6.83. The van der Waals surface area contributed by atoms with Gasteiger partial charge in [0.05, 0.1) is 29.6 Å². The third kappa shape index (κ3) is 4.62. The molecule has 3 N–H and O–H groups in total. The number of aliphatic hydroxyl groups is 1. The Kier molecular flexibility index (Phi) is 7.48. The Balaban J connectivity index is 1.92. The van der Waals surface area contributed by atoms with Crippen LogP contribution in [0.15, 0.2) is 52.0 Å². The van der Waals surface area contributed by atoms with Crippen molar-refractivity contribution < 1.29 is 14.6 Å². The van der Waals surface area contributed by atoms with Gasteiger partial charge in [0.15, 0.2) is 5.60 Å². The lowest BCUT2D eigenvalue weighted by atomic mass is 9.81. The lowest BCUT2D eigenvalue weighted by Crippen LogP contribution is -2.39. The number of rotatable bonds is 8. The third-order valence-electron chi connectivity index (χ3n) is 5.71. The van der Waals surface area contributed by atoms with Gasteiger partial charge in [0.2, 0.25) is 5.75 Å².